The summed E-state index contributed by atoms with van der Waals surface area (Å²) in [6, 6.07) is 24.4. The molecule has 0 spiro atoms. The summed E-state index contributed by atoms with van der Waals surface area (Å²) in [5.41, 5.74) is 28.4. The monoisotopic (exact) mass is 2000 g/mol. The van der Waals surface area contributed by atoms with Crippen molar-refractivity contribution >= 4 is 145 Å². The first-order valence-corrected chi connectivity index (χ1v) is 43.2. The zero-order valence-electron chi connectivity index (χ0n) is 75.9. The number of halogens is 4. The predicted octanol–water partition coefficient (Wildman–Crippen LogP) is 12.7. The van der Waals surface area contributed by atoms with Crippen molar-refractivity contribution in [3.05, 3.63) is 256 Å². The molecule has 0 unspecified atom stereocenters. The number of carboxylic acid groups (broad SMARTS) is 2. The van der Waals surface area contributed by atoms with E-state index in [1.54, 1.807) is 167 Å². The number of carbonyl (C=O) groups is 8. The molecule has 11 N–H and O–H groups in total. The number of nitrogens with one attached hydrogen (secondary N) is 3. The zero-order valence-corrected chi connectivity index (χ0v) is 80.3. The highest BCUT2D eigenvalue weighted by atomic mass is 127. The molecule has 42 heteroatoms. The maximum Gasteiger partial charge on any atom is 0.498 e. The molecule has 134 heavy (non-hydrogen) atoms. The summed E-state index contributed by atoms with van der Waals surface area (Å²) in [6.07, 6.45) is 27.6. The lowest BCUT2D eigenvalue weighted by molar-refractivity contribution is -0.112. The summed E-state index contributed by atoms with van der Waals surface area (Å²) in [7, 11) is 14.5. The second-order valence-electron chi connectivity index (χ2n) is 31.0. The molecule has 3 aliphatic rings. The van der Waals surface area contributed by atoms with Crippen LogP contribution in [0.1, 0.15) is 104 Å². The highest BCUT2D eigenvalue weighted by Crippen LogP contribution is 2.38. The fourth-order valence-corrected chi connectivity index (χ4v) is 13.8. The minimum Gasteiger partial charge on any atom is -0.480 e. The minimum atomic E-state index is -1.03. The SMILES string of the molecule is C=CC(=O)Cl.C=CC(=O)Nc1ccc(C(=O)N2CC[C@@H](Cc3ncc(Cl)c(OC)n3)C2)cc1-c1cnn(C)c1.C=CC(=O)Nc1ccc(C(=O)O)cc1-c1cnn(C)c1.COC(=O)c1ccc(N)c(-c2cnn(C)c2)c1.COC(=O)c1ccc(N)c(I)c1.COc1nc(C[C@@H]2CCNC2)ncc1Cl.Cn1cc(-c2cc(C(=O)O)ccc2N)cn1.Cn1cc(B2OC(C)(C)C(C)(C)O2)cn1. The smallest absolute Gasteiger partial charge is 0.480 e. The van der Waals surface area contributed by atoms with Crippen molar-refractivity contribution in [3.8, 4) is 56.3 Å². The number of amides is 3. The first kappa shape index (κ1) is 105. The van der Waals surface area contributed by atoms with Gasteiger partial charge in [0.25, 0.3) is 5.91 Å². The van der Waals surface area contributed by atoms with Crippen LogP contribution in [-0.4, -0.2) is 204 Å². The standard InChI is InChI=1S/C24H25ClN6O3.C14H13N3O3.C12H13N3O2.C11H11N3O2.C10H17BN2O2.C10H14ClN3O.C8H8INO2.C3H3ClO/c1-4-22(32)28-20-6-5-16(10-18(20)17-11-27-30(2)14-17)24(33)31-8-7-15(13-31)9-21-26-12-19(25)23(29-21)34-3;1-3-13(18)16-12-5-4-9(14(19)20)6-11(12)10-7-15-17(2)8-10;1-15-7-9(6-14-15)10-5-8(12(16)17-2)3-4-11(10)13;1-14-6-8(5-13-14)9-4-7(11(15)16)2-3-10(9)12;1-9(2)10(3,4)15-11(14-9)8-6-12-13(5)7-8;1-15-10-8(11)6-13-9(14-10)4-7-2-3-12-5-7;1-12-8(11)5-2-3-7(10)6(9)4-5;1-2-3(4)5/h4-6,10-12,14-15H,1,7-9,13H2,2-3H3,(H,28,32);3-8H,1H2,2H3,(H,16,18)(H,19,20);3-7H,13H2,1-2H3;2-6H,12H2,1H3,(H,15,16);6-7H,1-5H3;6-7,12H,2-5H2,1H3;2-4H,10H2,1H3;2H,1H2/t15-;;;;;7-;;/m0....0../s1. The molecule has 0 aliphatic carbocycles. The van der Waals surface area contributed by atoms with Crippen molar-refractivity contribution in [2.75, 3.05) is 82.5 Å². The molecule has 10 heterocycles. The second kappa shape index (κ2) is 49.5. The molecule has 3 fully saturated rings. The Morgan fingerprint density at radius 2 is 0.910 bits per heavy atom. The third-order valence-electron chi connectivity index (χ3n) is 20.7. The number of nitrogens with zero attached hydrogens (tertiary/aromatic N) is 15. The molecular formula is C92H104BCl3IN21O16. The molecule has 2 atom stereocenters. The summed E-state index contributed by atoms with van der Waals surface area (Å²) in [4.78, 5) is 109. The Morgan fingerprint density at radius 1 is 0.530 bits per heavy atom. The van der Waals surface area contributed by atoms with E-state index in [-0.39, 0.29) is 65.0 Å². The van der Waals surface area contributed by atoms with Crippen molar-refractivity contribution in [2.24, 2.45) is 47.1 Å². The fraction of sp³-hybridized carbons (Fsp3) is 0.272. The van der Waals surface area contributed by atoms with E-state index in [0.717, 1.165) is 80.8 Å². The number of hydrogen-bond acceptors (Lipinski definition) is 27. The molecule has 704 valence electrons. The Kier molecular flexibility index (Phi) is 38.9. The number of rotatable bonds is 21. The second-order valence-corrected chi connectivity index (χ2v) is 33.3. The molecular weight excluding hydrogens is 1900 g/mol. The number of ether oxygens (including phenoxy) is 4. The number of aromatic carboxylic acids is 2. The topological polar surface area (TPSA) is 490 Å². The van der Waals surface area contributed by atoms with Crippen molar-refractivity contribution in [2.45, 2.75) is 64.6 Å². The number of nitrogen functional groups attached to an aromatic ring is 3. The normalized spacial score (nSPS) is 13.9. The molecule has 3 aliphatic heterocycles. The first-order valence-electron chi connectivity index (χ1n) is 41.0. The van der Waals surface area contributed by atoms with Gasteiger partial charge in [-0.05, 0) is 209 Å². The van der Waals surface area contributed by atoms with Crippen molar-refractivity contribution in [1.82, 2.24) is 79.1 Å². The first-order chi connectivity index (χ1) is 63.6. The van der Waals surface area contributed by atoms with E-state index in [1.807, 2.05) is 72.3 Å². The summed E-state index contributed by atoms with van der Waals surface area (Å²) >= 11 is 18.6. The van der Waals surface area contributed by atoms with Crippen LogP contribution in [0.2, 0.25) is 10.0 Å². The van der Waals surface area contributed by atoms with Gasteiger partial charge in [0, 0.05) is 186 Å². The van der Waals surface area contributed by atoms with Gasteiger partial charge in [0.1, 0.15) is 21.7 Å². The number of esters is 2. The molecule has 3 saturated heterocycles. The maximum atomic E-state index is 13.3. The third-order valence-corrected chi connectivity index (χ3v) is 22.3. The number of hydrogen-bond donors (Lipinski definition) is 8. The highest BCUT2D eigenvalue weighted by molar-refractivity contribution is 14.1. The molecule has 0 radical (unpaired) electrons. The quantitative estimate of drug-likeness (QED) is 0.00827. The van der Waals surface area contributed by atoms with Gasteiger partial charge < -0.3 is 76.5 Å². The Bertz CT molecular complexity index is 6170. The predicted molar refractivity (Wildman–Crippen MR) is 521 cm³/mol. The lowest BCUT2D eigenvalue weighted by atomic mass is 9.82. The lowest BCUT2D eigenvalue weighted by Crippen LogP contribution is -2.41. The van der Waals surface area contributed by atoms with Crippen molar-refractivity contribution < 1.29 is 76.8 Å². The number of carboxylic acids is 2. The van der Waals surface area contributed by atoms with Gasteiger partial charge in [-0.25, -0.2) is 29.1 Å². The summed E-state index contributed by atoms with van der Waals surface area (Å²) < 4.78 is 40.4. The lowest BCUT2D eigenvalue weighted by Gasteiger charge is -2.32. The van der Waals surface area contributed by atoms with Crippen LogP contribution in [0.15, 0.2) is 203 Å². The van der Waals surface area contributed by atoms with Gasteiger partial charge in [-0.1, -0.05) is 42.9 Å². The summed E-state index contributed by atoms with van der Waals surface area (Å²) in [5, 5.41) is 47.5. The van der Waals surface area contributed by atoms with Crippen LogP contribution in [0.5, 0.6) is 11.8 Å². The number of benzene rings is 5. The van der Waals surface area contributed by atoms with E-state index in [9.17, 15) is 38.4 Å². The van der Waals surface area contributed by atoms with Crippen molar-refractivity contribution in [1.29, 1.82) is 0 Å². The van der Waals surface area contributed by atoms with Gasteiger partial charge in [0.2, 0.25) is 28.8 Å². The maximum absolute atomic E-state index is 13.3. The Labute approximate surface area is 802 Å². The molecule has 3 amide bonds. The van der Waals surface area contributed by atoms with E-state index >= 15 is 0 Å². The van der Waals surface area contributed by atoms with Gasteiger partial charge >= 0.3 is 31.0 Å². The number of aryl methyl sites for hydroxylation is 5. The molecule has 15 rings (SSSR count). The Hall–Kier alpha value is -14.0. The average Bonchev–Trinajstić information content (AvgIpc) is 1.62. The number of anilines is 5. The number of methoxy groups -OCH3 is 4. The van der Waals surface area contributed by atoms with Crippen LogP contribution in [0.4, 0.5) is 28.4 Å². The van der Waals surface area contributed by atoms with Gasteiger partial charge in [-0.3, -0.25) is 42.6 Å². The van der Waals surface area contributed by atoms with E-state index in [0.29, 0.717) is 115 Å². The van der Waals surface area contributed by atoms with Gasteiger partial charge in [0.05, 0.1) is 99.1 Å². The van der Waals surface area contributed by atoms with E-state index in [1.165, 1.54) is 58.2 Å². The van der Waals surface area contributed by atoms with E-state index in [2.05, 4.69) is 113 Å². The van der Waals surface area contributed by atoms with Crippen LogP contribution in [0, 0.1) is 15.4 Å². The number of aromatic nitrogens is 14. The molecule has 37 nitrogen and oxygen atoms in total. The van der Waals surface area contributed by atoms with Gasteiger partial charge in [-0.2, -0.15) is 35.5 Å². The summed E-state index contributed by atoms with van der Waals surface area (Å²) in [5.74, 6) is -0.335. The average molecular weight is 2000 g/mol. The molecule has 5 aromatic carbocycles. The molecule has 7 aromatic heterocycles. The van der Waals surface area contributed by atoms with Crippen molar-refractivity contribution in [3.63, 3.8) is 0 Å². The van der Waals surface area contributed by atoms with E-state index in [4.69, 9.17) is 81.0 Å². The van der Waals surface area contributed by atoms with Crippen LogP contribution in [0.25, 0.3) is 44.5 Å². The minimum absolute atomic E-state index is 0.0659. The van der Waals surface area contributed by atoms with Gasteiger partial charge in [-0.15, -0.1) is 0 Å². The summed E-state index contributed by atoms with van der Waals surface area (Å²) in [6.45, 7) is 21.5. The number of carbonyl (C=O) groups excluding carboxylic acids is 6. The number of allylic oxidation sites excluding steroid dienone is 1. The van der Waals surface area contributed by atoms with Crippen LogP contribution in [0.3, 0.4) is 0 Å². The number of likely N-dealkylation sites (tertiary alicyclic amines) is 1. The van der Waals surface area contributed by atoms with Crippen LogP contribution in [-0.2, 0) is 81.2 Å². The largest absolute Gasteiger partial charge is 0.498 e. The highest BCUT2D eigenvalue weighted by Gasteiger charge is 2.52. The van der Waals surface area contributed by atoms with Crippen LogP contribution < -0.4 is 48.1 Å². The Balaban J connectivity index is 0.000000196. The van der Waals surface area contributed by atoms with E-state index < -0.39 is 17.2 Å². The molecule has 12 aromatic rings. The fourth-order valence-electron chi connectivity index (χ4n) is 13.0. The molecule has 0 saturated carbocycles. The zero-order chi connectivity index (χ0) is 98.4. The van der Waals surface area contributed by atoms with Crippen LogP contribution >= 0.6 is 57.4 Å². The van der Waals surface area contributed by atoms with Gasteiger partial charge in [0.15, 0.2) is 0 Å². The number of nitrogens with two attached hydrogens (primary N) is 3. The third kappa shape index (κ3) is 30.3. The Morgan fingerprint density at radius 3 is 1.29 bits per heavy atom. The molecule has 0 bridgehead atoms.